The number of benzene rings is 2. The third kappa shape index (κ3) is 5.50. The average Bonchev–Trinajstić information content (AvgIpc) is 3.36. The summed E-state index contributed by atoms with van der Waals surface area (Å²) in [4.78, 5) is 12.6. The van der Waals surface area contributed by atoms with Crippen LogP contribution in [0, 0.1) is 5.82 Å². The summed E-state index contributed by atoms with van der Waals surface area (Å²) in [6, 6.07) is 9.04. The van der Waals surface area contributed by atoms with Crippen molar-refractivity contribution in [3.8, 4) is 5.75 Å². The molecule has 13 heteroatoms. The highest BCUT2D eigenvalue weighted by Gasteiger charge is 2.26. The third-order valence-electron chi connectivity index (χ3n) is 6.24. The van der Waals surface area contributed by atoms with Gasteiger partial charge in [-0.15, -0.1) is 11.3 Å². The van der Waals surface area contributed by atoms with E-state index in [4.69, 9.17) is 51.1 Å². The molecule has 0 bridgehead atoms. The molecule has 5 rings (SSSR count). The lowest BCUT2D eigenvalue weighted by Crippen LogP contribution is -2.34. The fourth-order valence-electron chi connectivity index (χ4n) is 4.63. The number of carbonyl (C=O) groups is 1. The highest BCUT2D eigenvalue weighted by Crippen LogP contribution is 2.39. The van der Waals surface area contributed by atoms with Gasteiger partial charge >= 0.3 is 0 Å². The van der Waals surface area contributed by atoms with Crippen LogP contribution in [-0.4, -0.2) is 25.5 Å². The summed E-state index contributed by atoms with van der Waals surface area (Å²) >= 11 is 24.9. The zero-order chi connectivity index (χ0) is 27.2. The lowest BCUT2D eigenvalue weighted by Gasteiger charge is -2.17. The number of fused-ring (bicyclic) bond motifs is 3. The largest absolute Gasteiger partial charge is 0.481 e. The summed E-state index contributed by atoms with van der Waals surface area (Å²) in [6.07, 6.45) is 3.52. The van der Waals surface area contributed by atoms with E-state index in [2.05, 4.69) is 0 Å². The summed E-state index contributed by atoms with van der Waals surface area (Å²) in [5.41, 5.74) is 3.50. The van der Waals surface area contributed by atoms with Crippen LogP contribution in [0.1, 0.15) is 29.7 Å². The van der Waals surface area contributed by atoms with E-state index in [0.29, 0.717) is 27.5 Å². The molecule has 0 unspecified atom stereocenters. The highest BCUT2D eigenvalue weighted by molar-refractivity contribution is 7.92. The number of rotatable bonds is 7. The van der Waals surface area contributed by atoms with E-state index >= 15 is 0 Å². The van der Waals surface area contributed by atoms with Gasteiger partial charge in [-0.1, -0.05) is 52.5 Å². The van der Waals surface area contributed by atoms with E-state index in [9.17, 15) is 17.6 Å². The number of aromatic nitrogens is 1. The SMILES string of the molecule is O=C(COc1cc(F)cc2c3c(n(Cc4ccc(Cl)cc4Cl)c12)CCCC3)NS(=O)(=O)c1cc(Cl)c(Cl)s1. The Kier molecular flexibility index (Phi) is 7.88. The second kappa shape index (κ2) is 10.9. The van der Waals surface area contributed by atoms with E-state index in [-0.39, 0.29) is 19.3 Å². The number of sulfonamides is 1. The monoisotopic (exact) mass is 634 g/mol. The molecule has 0 atom stereocenters. The Balaban J connectivity index is 1.48. The molecular weight excluding hydrogens is 617 g/mol. The number of amides is 1. The van der Waals surface area contributed by atoms with Gasteiger partial charge in [-0.3, -0.25) is 4.79 Å². The van der Waals surface area contributed by atoms with E-state index in [0.717, 1.165) is 59.9 Å². The van der Waals surface area contributed by atoms with E-state index in [1.165, 1.54) is 12.1 Å². The maximum Gasteiger partial charge on any atom is 0.273 e. The van der Waals surface area contributed by atoms with E-state index in [1.54, 1.807) is 12.1 Å². The van der Waals surface area contributed by atoms with Gasteiger partial charge in [0, 0.05) is 33.7 Å². The molecule has 1 N–H and O–H groups in total. The van der Waals surface area contributed by atoms with Gasteiger partial charge in [0.05, 0.1) is 10.5 Å². The Morgan fingerprint density at radius 1 is 1.05 bits per heavy atom. The normalized spacial score (nSPS) is 13.5. The molecule has 1 aliphatic rings. The number of nitrogens with zero attached hydrogens (tertiary/aromatic N) is 1. The molecule has 2 heterocycles. The second-order valence-corrected chi connectivity index (χ2v) is 13.6. The Hall–Kier alpha value is -2.01. The van der Waals surface area contributed by atoms with Crippen molar-refractivity contribution in [1.82, 2.24) is 9.29 Å². The maximum atomic E-state index is 14.7. The maximum absolute atomic E-state index is 14.7. The fourth-order valence-corrected chi connectivity index (χ4v) is 7.95. The first-order valence-electron chi connectivity index (χ1n) is 11.4. The summed E-state index contributed by atoms with van der Waals surface area (Å²) in [7, 11) is -4.21. The van der Waals surface area contributed by atoms with Gasteiger partial charge in [0.1, 0.15) is 20.1 Å². The molecule has 1 amide bonds. The van der Waals surface area contributed by atoms with Crippen LogP contribution >= 0.6 is 57.7 Å². The molecule has 2 aromatic heterocycles. The quantitative estimate of drug-likeness (QED) is 0.232. The minimum atomic E-state index is -4.21. The molecule has 4 aromatic rings. The molecule has 0 fully saturated rings. The molecule has 0 radical (unpaired) electrons. The Morgan fingerprint density at radius 2 is 1.82 bits per heavy atom. The predicted molar refractivity (Wildman–Crippen MR) is 149 cm³/mol. The number of ether oxygens (including phenoxy) is 1. The van der Waals surface area contributed by atoms with Gasteiger partial charge < -0.3 is 9.30 Å². The van der Waals surface area contributed by atoms with Gasteiger partial charge in [0.25, 0.3) is 15.9 Å². The van der Waals surface area contributed by atoms with Crippen LogP contribution in [-0.2, 0) is 34.2 Å². The molecular formula is C25H19Cl4FN2O4S2. The summed E-state index contributed by atoms with van der Waals surface area (Å²) in [5, 5.41) is 1.76. The Labute approximate surface area is 242 Å². The standard InChI is InChI=1S/C25H19Cl4FN2O4S2/c26-14-6-5-13(18(27)7-14)11-32-20-4-2-1-3-16(20)17-8-15(30)9-21(24(17)32)36-12-22(33)31-38(34,35)23-10-19(28)25(29)37-23/h5-10H,1-4,11-12H2,(H,31,33). The lowest BCUT2D eigenvalue weighted by atomic mass is 9.95. The van der Waals surface area contributed by atoms with Gasteiger partial charge in [-0.2, -0.15) is 0 Å². The first-order chi connectivity index (χ1) is 18.0. The van der Waals surface area contributed by atoms with Crippen LogP contribution in [0.15, 0.2) is 40.6 Å². The molecule has 200 valence electrons. The fraction of sp³-hybridized carbons (Fsp3) is 0.240. The van der Waals surface area contributed by atoms with Crippen molar-refractivity contribution in [3.63, 3.8) is 0 Å². The summed E-state index contributed by atoms with van der Waals surface area (Å²) in [5.74, 6) is -1.35. The number of hydrogen-bond acceptors (Lipinski definition) is 5. The lowest BCUT2D eigenvalue weighted by molar-refractivity contribution is -0.121. The van der Waals surface area contributed by atoms with Crippen molar-refractivity contribution in [2.45, 2.75) is 36.4 Å². The minimum Gasteiger partial charge on any atom is -0.481 e. The topological polar surface area (TPSA) is 77.4 Å². The van der Waals surface area contributed by atoms with Crippen LogP contribution in [0.5, 0.6) is 5.75 Å². The summed E-state index contributed by atoms with van der Waals surface area (Å²) in [6.45, 7) is -0.285. The van der Waals surface area contributed by atoms with Gasteiger partial charge in [0.15, 0.2) is 6.61 Å². The van der Waals surface area contributed by atoms with Crippen molar-refractivity contribution < 1.29 is 22.3 Å². The van der Waals surface area contributed by atoms with Crippen LogP contribution in [0.4, 0.5) is 4.39 Å². The zero-order valence-electron chi connectivity index (χ0n) is 19.5. The van der Waals surface area contributed by atoms with Crippen molar-refractivity contribution in [2.24, 2.45) is 0 Å². The number of aryl methyl sites for hydroxylation is 1. The molecule has 0 saturated heterocycles. The van der Waals surface area contributed by atoms with Crippen molar-refractivity contribution >= 4 is 84.6 Å². The van der Waals surface area contributed by atoms with Gasteiger partial charge in [-0.25, -0.2) is 17.5 Å². The molecule has 38 heavy (non-hydrogen) atoms. The smallest absolute Gasteiger partial charge is 0.273 e. The van der Waals surface area contributed by atoms with E-state index < -0.39 is 28.4 Å². The molecule has 2 aromatic carbocycles. The van der Waals surface area contributed by atoms with E-state index in [1.807, 2.05) is 15.4 Å². The third-order valence-corrected chi connectivity index (χ3v) is 10.5. The van der Waals surface area contributed by atoms with Crippen molar-refractivity contribution in [1.29, 1.82) is 0 Å². The molecule has 0 spiro atoms. The number of carbonyl (C=O) groups excluding carboxylic acids is 1. The zero-order valence-corrected chi connectivity index (χ0v) is 24.1. The first-order valence-corrected chi connectivity index (χ1v) is 15.3. The Bertz CT molecular complexity index is 1670. The van der Waals surface area contributed by atoms with Gasteiger partial charge in [-0.05, 0) is 61.1 Å². The van der Waals surface area contributed by atoms with Crippen molar-refractivity contribution in [3.05, 3.63) is 78.4 Å². The van der Waals surface area contributed by atoms with Crippen LogP contribution < -0.4 is 9.46 Å². The predicted octanol–water partition coefficient (Wildman–Crippen LogP) is 7.27. The van der Waals surface area contributed by atoms with Crippen LogP contribution in [0.3, 0.4) is 0 Å². The molecule has 0 aliphatic heterocycles. The summed E-state index contributed by atoms with van der Waals surface area (Å²) < 4.78 is 49.4. The van der Waals surface area contributed by atoms with Gasteiger partial charge in [0.2, 0.25) is 0 Å². The second-order valence-electron chi connectivity index (χ2n) is 8.76. The molecule has 6 nitrogen and oxygen atoms in total. The number of hydrogen-bond donors (Lipinski definition) is 1. The molecule has 0 saturated carbocycles. The van der Waals surface area contributed by atoms with Crippen molar-refractivity contribution in [2.75, 3.05) is 6.61 Å². The number of nitrogens with one attached hydrogen (secondary N) is 1. The highest BCUT2D eigenvalue weighted by atomic mass is 35.5. The molecule has 1 aliphatic carbocycles. The Morgan fingerprint density at radius 3 is 2.53 bits per heavy atom. The minimum absolute atomic E-state index is 0.0633. The number of thiophene rings is 1. The average molecular weight is 636 g/mol. The number of halogens is 5. The van der Waals surface area contributed by atoms with Crippen LogP contribution in [0.2, 0.25) is 19.4 Å². The first kappa shape index (κ1) is 27.6. The van der Waals surface area contributed by atoms with Crippen LogP contribution in [0.25, 0.3) is 10.9 Å².